The molecule has 0 fully saturated rings. The second-order valence-electron chi connectivity index (χ2n) is 4.96. The lowest BCUT2D eigenvalue weighted by molar-refractivity contribution is -0.121. The van der Waals surface area contributed by atoms with E-state index < -0.39 is 10.0 Å². The van der Waals surface area contributed by atoms with Crippen molar-refractivity contribution in [2.75, 3.05) is 32.0 Å². The van der Waals surface area contributed by atoms with Crippen LogP contribution in [0.2, 0.25) is 0 Å². The quantitative estimate of drug-likeness (QED) is 0.562. The number of nitrogens with one attached hydrogen (secondary N) is 2. The molecule has 23 heavy (non-hydrogen) atoms. The number of amides is 2. The number of carbonyl (C=O) groups excluding carboxylic acids is 2. The van der Waals surface area contributed by atoms with Gasteiger partial charge in [0.05, 0.1) is 11.4 Å². The van der Waals surface area contributed by atoms with E-state index in [2.05, 4.69) is 10.6 Å². The van der Waals surface area contributed by atoms with Crippen LogP contribution in [-0.4, -0.2) is 51.2 Å². The SMILES string of the molecule is CC(=O)Nc1ccc(S(=O)(=O)N(C)CC(=O)NCCCN)cc1. The fraction of sp³-hybridized carbons (Fsp3) is 0.429. The van der Waals surface area contributed by atoms with Crippen molar-refractivity contribution < 1.29 is 18.0 Å². The summed E-state index contributed by atoms with van der Waals surface area (Å²) in [6.07, 6.45) is 0.632. The van der Waals surface area contributed by atoms with Crippen LogP contribution in [0.3, 0.4) is 0 Å². The molecule has 0 atom stereocenters. The highest BCUT2D eigenvalue weighted by Gasteiger charge is 2.22. The van der Waals surface area contributed by atoms with E-state index in [0.717, 1.165) is 4.31 Å². The molecule has 0 saturated carbocycles. The number of anilines is 1. The Kier molecular flexibility index (Phi) is 7.14. The van der Waals surface area contributed by atoms with Gasteiger partial charge < -0.3 is 16.4 Å². The molecule has 0 radical (unpaired) electrons. The molecule has 0 bridgehead atoms. The van der Waals surface area contributed by atoms with Gasteiger partial charge in [-0.25, -0.2) is 8.42 Å². The van der Waals surface area contributed by atoms with Crippen molar-refractivity contribution in [2.45, 2.75) is 18.2 Å². The minimum absolute atomic E-state index is 0.0452. The van der Waals surface area contributed by atoms with Crippen LogP contribution in [0.1, 0.15) is 13.3 Å². The number of nitrogens with zero attached hydrogens (tertiary/aromatic N) is 1. The molecule has 0 spiro atoms. The summed E-state index contributed by atoms with van der Waals surface area (Å²) in [5, 5.41) is 5.15. The fourth-order valence-corrected chi connectivity index (χ4v) is 2.89. The second-order valence-corrected chi connectivity index (χ2v) is 7.00. The zero-order valence-corrected chi connectivity index (χ0v) is 14.0. The van der Waals surface area contributed by atoms with Gasteiger partial charge in [-0.2, -0.15) is 4.31 Å². The van der Waals surface area contributed by atoms with Crippen molar-refractivity contribution in [3.63, 3.8) is 0 Å². The molecule has 0 aliphatic carbocycles. The lowest BCUT2D eigenvalue weighted by Crippen LogP contribution is -2.38. The van der Waals surface area contributed by atoms with Crippen molar-refractivity contribution in [3.8, 4) is 0 Å². The highest BCUT2D eigenvalue weighted by Crippen LogP contribution is 2.17. The molecule has 4 N–H and O–H groups in total. The van der Waals surface area contributed by atoms with E-state index in [1.54, 1.807) is 0 Å². The maximum absolute atomic E-state index is 12.4. The highest BCUT2D eigenvalue weighted by atomic mass is 32.2. The molecule has 0 unspecified atom stereocenters. The first-order valence-electron chi connectivity index (χ1n) is 7.08. The Labute approximate surface area is 136 Å². The number of nitrogens with two attached hydrogens (primary N) is 1. The van der Waals surface area contributed by atoms with Crippen molar-refractivity contribution in [2.24, 2.45) is 5.73 Å². The monoisotopic (exact) mass is 342 g/mol. The first-order valence-corrected chi connectivity index (χ1v) is 8.52. The van der Waals surface area contributed by atoms with Crippen molar-refractivity contribution in [1.82, 2.24) is 9.62 Å². The van der Waals surface area contributed by atoms with Crippen LogP contribution in [0.15, 0.2) is 29.2 Å². The van der Waals surface area contributed by atoms with Gasteiger partial charge in [0.1, 0.15) is 0 Å². The van der Waals surface area contributed by atoms with E-state index in [9.17, 15) is 18.0 Å². The van der Waals surface area contributed by atoms with E-state index >= 15 is 0 Å². The van der Waals surface area contributed by atoms with Crippen LogP contribution in [0.4, 0.5) is 5.69 Å². The van der Waals surface area contributed by atoms with Gasteiger partial charge in [-0.15, -0.1) is 0 Å². The largest absolute Gasteiger partial charge is 0.355 e. The fourth-order valence-electron chi connectivity index (χ4n) is 1.77. The number of carbonyl (C=O) groups is 2. The molecule has 0 aliphatic heterocycles. The van der Waals surface area contributed by atoms with Crippen molar-refractivity contribution in [1.29, 1.82) is 0 Å². The molecule has 1 rings (SSSR count). The maximum atomic E-state index is 12.4. The molecule has 0 saturated heterocycles. The molecule has 0 aliphatic rings. The lowest BCUT2D eigenvalue weighted by Gasteiger charge is -2.17. The number of hydrogen-bond donors (Lipinski definition) is 3. The molecule has 2 amide bonds. The average molecular weight is 342 g/mol. The summed E-state index contributed by atoms with van der Waals surface area (Å²) in [6.45, 7) is 1.95. The zero-order chi connectivity index (χ0) is 17.5. The Morgan fingerprint density at radius 3 is 2.35 bits per heavy atom. The molecule has 128 valence electrons. The van der Waals surface area contributed by atoms with Crippen molar-refractivity contribution in [3.05, 3.63) is 24.3 Å². The third-order valence-corrected chi connectivity index (χ3v) is 4.77. The number of benzene rings is 1. The van der Waals surface area contributed by atoms with E-state index in [1.165, 1.54) is 38.2 Å². The van der Waals surface area contributed by atoms with Gasteiger partial charge in [0.25, 0.3) is 0 Å². The Bertz CT molecular complexity index is 643. The topological polar surface area (TPSA) is 122 Å². The summed E-state index contributed by atoms with van der Waals surface area (Å²) in [5.41, 5.74) is 5.82. The number of sulfonamides is 1. The predicted molar refractivity (Wildman–Crippen MR) is 87.2 cm³/mol. The molecular formula is C14H22N4O4S. The van der Waals surface area contributed by atoms with E-state index in [-0.39, 0.29) is 23.3 Å². The average Bonchev–Trinajstić information content (AvgIpc) is 2.47. The third kappa shape index (κ3) is 5.97. The lowest BCUT2D eigenvalue weighted by atomic mass is 10.3. The standard InChI is InChI=1S/C14H22N4O4S/c1-11(19)17-12-4-6-13(7-5-12)23(21,22)18(2)10-14(20)16-9-3-8-15/h4-7H,3,8-10,15H2,1-2H3,(H,16,20)(H,17,19). The molecule has 0 aromatic heterocycles. The number of rotatable bonds is 8. The molecule has 1 aromatic rings. The summed E-state index contributed by atoms with van der Waals surface area (Å²) < 4.78 is 25.7. The van der Waals surface area contributed by atoms with E-state index in [4.69, 9.17) is 5.73 Å². The Hall–Kier alpha value is -1.97. The molecular weight excluding hydrogens is 320 g/mol. The van der Waals surface area contributed by atoms with E-state index in [1.807, 2.05) is 0 Å². The first-order chi connectivity index (χ1) is 10.8. The number of likely N-dealkylation sites (N-methyl/N-ethyl adjacent to an activating group) is 1. The molecule has 8 nitrogen and oxygen atoms in total. The van der Waals surface area contributed by atoms with Crippen LogP contribution in [0.25, 0.3) is 0 Å². The summed E-state index contributed by atoms with van der Waals surface area (Å²) in [5.74, 6) is -0.633. The van der Waals surface area contributed by atoms with Crippen LogP contribution in [-0.2, 0) is 19.6 Å². The molecule has 0 heterocycles. The Balaban J connectivity index is 2.73. The van der Waals surface area contributed by atoms with Gasteiger partial charge in [-0.3, -0.25) is 9.59 Å². The van der Waals surface area contributed by atoms with Crippen LogP contribution in [0.5, 0.6) is 0 Å². The van der Waals surface area contributed by atoms with Gasteiger partial charge in [-0.05, 0) is 37.2 Å². The summed E-state index contributed by atoms with van der Waals surface area (Å²) >= 11 is 0. The minimum Gasteiger partial charge on any atom is -0.355 e. The number of hydrogen-bond acceptors (Lipinski definition) is 5. The first kappa shape index (κ1) is 19.1. The summed E-state index contributed by atoms with van der Waals surface area (Å²) in [4.78, 5) is 22.7. The Morgan fingerprint density at radius 1 is 1.22 bits per heavy atom. The van der Waals surface area contributed by atoms with Crippen molar-refractivity contribution >= 4 is 27.5 Å². The third-order valence-electron chi connectivity index (χ3n) is 2.95. The van der Waals surface area contributed by atoms with Gasteiger partial charge in [-0.1, -0.05) is 0 Å². The summed E-state index contributed by atoms with van der Waals surface area (Å²) in [6, 6.07) is 5.74. The summed E-state index contributed by atoms with van der Waals surface area (Å²) in [7, 11) is -2.44. The normalized spacial score (nSPS) is 11.3. The minimum atomic E-state index is -3.77. The van der Waals surface area contributed by atoms with Gasteiger partial charge in [0.15, 0.2) is 0 Å². The predicted octanol–water partition coefficient (Wildman–Crippen LogP) is -0.269. The van der Waals surface area contributed by atoms with Crippen LogP contribution >= 0.6 is 0 Å². The van der Waals surface area contributed by atoms with Crippen LogP contribution < -0.4 is 16.4 Å². The second kappa shape index (κ2) is 8.61. The molecule has 9 heteroatoms. The van der Waals surface area contributed by atoms with E-state index in [0.29, 0.717) is 25.2 Å². The van der Waals surface area contributed by atoms with Gasteiger partial charge in [0.2, 0.25) is 21.8 Å². The highest BCUT2D eigenvalue weighted by molar-refractivity contribution is 7.89. The maximum Gasteiger partial charge on any atom is 0.243 e. The van der Waals surface area contributed by atoms with Gasteiger partial charge >= 0.3 is 0 Å². The van der Waals surface area contributed by atoms with Gasteiger partial charge in [0, 0.05) is 26.2 Å². The zero-order valence-electron chi connectivity index (χ0n) is 13.2. The smallest absolute Gasteiger partial charge is 0.243 e. The Morgan fingerprint density at radius 2 is 1.83 bits per heavy atom. The molecule has 1 aromatic carbocycles. The van der Waals surface area contributed by atoms with Crippen LogP contribution in [0, 0.1) is 0 Å².